The van der Waals surface area contributed by atoms with Crippen LogP contribution in [0.25, 0.3) is 0 Å². The maximum absolute atomic E-state index is 12.3. The topological polar surface area (TPSA) is 48.9 Å². The van der Waals surface area contributed by atoms with Crippen LogP contribution in [0.2, 0.25) is 0 Å². The number of rotatable bonds is 3. The van der Waals surface area contributed by atoms with Crippen molar-refractivity contribution in [2.75, 3.05) is 57.9 Å². The second kappa shape index (κ2) is 6.69. The number of anilines is 1. The van der Waals surface area contributed by atoms with Crippen LogP contribution < -0.4 is 4.90 Å². The molecule has 3 aliphatic rings. The Hall–Kier alpha value is -1.66. The van der Waals surface area contributed by atoms with Crippen molar-refractivity contribution in [2.24, 2.45) is 11.8 Å². The van der Waals surface area contributed by atoms with Gasteiger partial charge in [-0.25, -0.2) is 4.98 Å². The molecule has 4 heterocycles. The molecule has 2 atom stereocenters. The van der Waals surface area contributed by atoms with Crippen LogP contribution in [0, 0.1) is 11.8 Å². The summed E-state index contributed by atoms with van der Waals surface area (Å²) >= 11 is 0. The first-order chi connectivity index (χ1) is 11.7. The lowest BCUT2D eigenvalue weighted by Crippen LogP contribution is -2.42. The van der Waals surface area contributed by atoms with E-state index in [0.717, 1.165) is 64.7 Å². The molecule has 0 bridgehead atoms. The Morgan fingerprint density at radius 1 is 1.21 bits per heavy atom. The molecule has 4 rings (SSSR count). The Morgan fingerprint density at radius 2 is 2.04 bits per heavy atom. The van der Waals surface area contributed by atoms with Crippen LogP contribution in [0.3, 0.4) is 0 Å². The van der Waals surface area contributed by atoms with Crippen LogP contribution in [0.15, 0.2) is 18.3 Å². The van der Waals surface area contributed by atoms with Gasteiger partial charge in [-0.3, -0.25) is 9.69 Å². The number of piperidine rings is 1. The van der Waals surface area contributed by atoms with E-state index in [1.165, 1.54) is 5.56 Å². The zero-order valence-corrected chi connectivity index (χ0v) is 14.4. The number of fused-ring (bicyclic) bond motifs is 1. The van der Waals surface area contributed by atoms with E-state index in [0.29, 0.717) is 11.8 Å². The highest BCUT2D eigenvalue weighted by Crippen LogP contribution is 2.33. The first kappa shape index (κ1) is 15.8. The quantitative estimate of drug-likeness (QED) is 0.822. The smallest absolute Gasteiger partial charge is 0.227 e. The van der Waals surface area contributed by atoms with Crippen LogP contribution in [0.4, 0.5) is 5.82 Å². The molecule has 1 aromatic rings. The van der Waals surface area contributed by atoms with Crippen LogP contribution >= 0.6 is 0 Å². The van der Waals surface area contributed by atoms with Gasteiger partial charge >= 0.3 is 0 Å². The number of likely N-dealkylation sites (tertiary alicyclic amines) is 1. The zero-order chi connectivity index (χ0) is 16.5. The molecule has 0 radical (unpaired) electrons. The fourth-order valence-electron chi connectivity index (χ4n) is 4.10. The summed E-state index contributed by atoms with van der Waals surface area (Å²) in [6.45, 7) is 7.23. The highest BCUT2D eigenvalue weighted by molar-refractivity contribution is 5.81. The van der Waals surface area contributed by atoms with Gasteiger partial charge in [-0.1, -0.05) is 6.07 Å². The summed E-state index contributed by atoms with van der Waals surface area (Å²) in [5.74, 6) is 1.95. The molecule has 0 N–H and O–H groups in total. The molecule has 3 saturated heterocycles. The summed E-state index contributed by atoms with van der Waals surface area (Å²) in [5, 5.41) is 0. The van der Waals surface area contributed by atoms with Crippen molar-refractivity contribution in [1.29, 1.82) is 0 Å². The van der Waals surface area contributed by atoms with E-state index in [1.807, 2.05) is 18.1 Å². The van der Waals surface area contributed by atoms with Crippen molar-refractivity contribution in [3.63, 3.8) is 0 Å². The Bertz CT molecular complexity index is 585. The Balaban J connectivity index is 1.39. The molecule has 24 heavy (non-hydrogen) atoms. The zero-order valence-electron chi connectivity index (χ0n) is 14.4. The number of ether oxygens (including phenoxy) is 1. The van der Waals surface area contributed by atoms with Crippen LogP contribution in [0.1, 0.15) is 12.0 Å². The number of carbonyl (C=O) groups is 1. The first-order valence-electron chi connectivity index (χ1n) is 8.95. The summed E-state index contributed by atoms with van der Waals surface area (Å²) in [5.41, 5.74) is 1.24. The van der Waals surface area contributed by atoms with Gasteiger partial charge in [0.25, 0.3) is 0 Å². The van der Waals surface area contributed by atoms with Gasteiger partial charge in [0, 0.05) is 52.5 Å². The lowest BCUT2D eigenvalue weighted by atomic mass is 9.88. The van der Waals surface area contributed by atoms with Gasteiger partial charge in [0.1, 0.15) is 5.82 Å². The van der Waals surface area contributed by atoms with E-state index in [-0.39, 0.29) is 5.92 Å². The summed E-state index contributed by atoms with van der Waals surface area (Å²) in [7, 11) is 1.92. The fraction of sp³-hybridized carbons (Fsp3) is 0.667. The minimum absolute atomic E-state index is 0.151. The number of aromatic nitrogens is 1. The average molecular weight is 330 g/mol. The highest BCUT2D eigenvalue weighted by Gasteiger charge is 2.42. The minimum Gasteiger partial charge on any atom is -0.379 e. The van der Waals surface area contributed by atoms with Gasteiger partial charge in [0.15, 0.2) is 0 Å². The molecule has 0 saturated carbocycles. The van der Waals surface area contributed by atoms with E-state index in [4.69, 9.17) is 4.74 Å². The van der Waals surface area contributed by atoms with Crippen molar-refractivity contribution in [3.05, 3.63) is 23.9 Å². The molecule has 1 aromatic heterocycles. The molecule has 3 aliphatic heterocycles. The lowest BCUT2D eigenvalue weighted by molar-refractivity contribution is -0.137. The Labute approximate surface area is 143 Å². The number of pyridine rings is 1. The van der Waals surface area contributed by atoms with Crippen LogP contribution in [-0.4, -0.2) is 73.7 Å². The van der Waals surface area contributed by atoms with Gasteiger partial charge in [-0.05, 0) is 24.0 Å². The normalized spacial score (nSPS) is 28.3. The largest absolute Gasteiger partial charge is 0.379 e. The molecule has 6 nitrogen and oxygen atoms in total. The van der Waals surface area contributed by atoms with E-state index >= 15 is 0 Å². The number of morpholine rings is 1. The van der Waals surface area contributed by atoms with Gasteiger partial charge < -0.3 is 14.5 Å². The van der Waals surface area contributed by atoms with E-state index < -0.39 is 0 Å². The van der Waals surface area contributed by atoms with Crippen molar-refractivity contribution in [2.45, 2.75) is 13.0 Å². The minimum atomic E-state index is 0.151. The third-order valence-corrected chi connectivity index (χ3v) is 5.61. The third kappa shape index (κ3) is 3.13. The molecule has 0 aliphatic carbocycles. The number of carbonyl (C=O) groups excluding carboxylic acids is 1. The van der Waals surface area contributed by atoms with Crippen molar-refractivity contribution in [3.8, 4) is 0 Å². The second-order valence-electron chi connectivity index (χ2n) is 7.23. The van der Waals surface area contributed by atoms with Gasteiger partial charge in [-0.2, -0.15) is 0 Å². The van der Waals surface area contributed by atoms with Crippen LogP contribution in [0.5, 0.6) is 0 Å². The predicted molar refractivity (Wildman–Crippen MR) is 91.8 cm³/mol. The lowest BCUT2D eigenvalue weighted by Gasteiger charge is -2.30. The SMILES string of the molecule is CN1CC[C@@H]2CN(c3ccc(CN4CCOCC4)cn3)C[C@@H]2C1=O. The number of amides is 1. The summed E-state index contributed by atoms with van der Waals surface area (Å²) < 4.78 is 5.39. The van der Waals surface area contributed by atoms with Crippen LogP contribution in [-0.2, 0) is 16.1 Å². The molecular formula is C18H26N4O2. The fourth-order valence-corrected chi connectivity index (χ4v) is 4.10. The molecular weight excluding hydrogens is 304 g/mol. The van der Waals surface area contributed by atoms with E-state index in [1.54, 1.807) is 0 Å². The summed E-state index contributed by atoms with van der Waals surface area (Å²) in [4.78, 5) is 23.6. The first-order valence-corrected chi connectivity index (χ1v) is 8.95. The highest BCUT2D eigenvalue weighted by atomic mass is 16.5. The number of nitrogens with zero attached hydrogens (tertiary/aromatic N) is 4. The van der Waals surface area contributed by atoms with E-state index in [9.17, 15) is 4.79 Å². The molecule has 0 unspecified atom stereocenters. The van der Waals surface area contributed by atoms with E-state index in [2.05, 4.69) is 26.9 Å². The summed E-state index contributed by atoms with van der Waals surface area (Å²) in [6.07, 6.45) is 3.10. The third-order valence-electron chi connectivity index (χ3n) is 5.61. The molecule has 1 amide bonds. The van der Waals surface area contributed by atoms with Gasteiger partial charge in [0.05, 0.1) is 19.1 Å². The molecule has 3 fully saturated rings. The molecule has 0 spiro atoms. The Morgan fingerprint density at radius 3 is 2.79 bits per heavy atom. The van der Waals surface area contributed by atoms with Crippen molar-refractivity contribution >= 4 is 11.7 Å². The van der Waals surface area contributed by atoms with Crippen molar-refractivity contribution in [1.82, 2.24) is 14.8 Å². The standard InChI is InChI=1S/C18H26N4O2/c1-20-5-4-15-12-22(13-16(15)18(20)23)17-3-2-14(10-19-17)11-21-6-8-24-9-7-21/h2-3,10,15-16H,4-9,11-13H2,1H3/t15-,16+/m1/s1. The number of hydrogen-bond acceptors (Lipinski definition) is 5. The monoisotopic (exact) mass is 330 g/mol. The maximum Gasteiger partial charge on any atom is 0.227 e. The molecule has 0 aromatic carbocycles. The molecule has 6 heteroatoms. The predicted octanol–water partition coefficient (Wildman–Crippen LogP) is 0.828. The molecule has 130 valence electrons. The van der Waals surface area contributed by atoms with Gasteiger partial charge in [-0.15, -0.1) is 0 Å². The number of hydrogen-bond donors (Lipinski definition) is 0. The maximum atomic E-state index is 12.3. The second-order valence-corrected chi connectivity index (χ2v) is 7.23. The average Bonchev–Trinajstić information content (AvgIpc) is 3.05. The van der Waals surface area contributed by atoms with Gasteiger partial charge in [0.2, 0.25) is 5.91 Å². The van der Waals surface area contributed by atoms with Crippen molar-refractivity contribution < 1.29 is 9.53 Å². The summed E-state index contributed by atoms with van der Waals surface area (Å²) in [6, 6.07) is 4.29. The Kier molecular flexibility index (Phi) is 4.41.